The summed E-state index contributed by atoms with van der Waals surface area (Å²) < 4.78 is 5.62. The number of nitrogens with zero attached hydrogens (tertiary/aromatic N) is 1. The van der Waals surface area contributed by atoms with E-state index in [1.54, 1.807) is 6.20 Å². The molecule has 1 heterocycles. The van der Waals surface area contributed by atoms with Gasteiger partial charge in [-0.3, -0.25) is 4.79 Å². The summed E-state index contributed by atoms with van der Waals surface area (Å²) >= 11 is 1.46. The highest BCUT2D eigenvalue weighted by molar-refractivity contribution is 7.11. The number of amides is 1. The van der Waals surface area contributed by atoms with Crippen molar-refractivity contribution < 1.29 is 9.53 Å². The minimum atomic E-state index is 0.167. The summed E-state index contributed by atoms with van der Waals surface area (Å²) in [6.45, 7) is 0.573. The fourth-order valence-corrected chi connectivity index (χ4v) is 3.47. The first-order valence-electron chi connectivity index (χ1n) is 8.22. The number of ether oxygens (including phenoxy) is 1. The largest absolute Gasteiger partial charge is 0.431 e. The van der Waals surface area contributed by atoms with Crippen LogP contribution in [-0.4, -0.2) is 10.9 Å². The smallest absolute Gasteiger partial charge is 0.278 e. The van der Waals surface area contributed by atoms with E-state index < -0.39 is 0 Å². The molecule has 3 rings (SSSR count). The van der Waals surface area contributed by atoms with Gasteiger partial charge in [0, 0.05) is 24.5 Å². The lowest BCUT2D eigenvalue weighted by Crippen LogP contribution is -2.25. The SMILES string of the molecule is O=C(CC1CCCCC1)NCc1ccc(Oc2nccs2)cc1. The van der Waals surface area contributed by atoms with Crippen LogP contribution < -0.4 is 10.1 Å². The van der Waals surface area contributed by atoms with E-state index in [1.807, 2.05) is 29.6 Å². The Balaban J connectivity index is 1.43. The molecule has 5 heteroatoms. The summed E-state index contributed by atoms with van der Waals surface area (Å²) in [6, 6.07) is 7.77. The highest BCUT2D eigenvalue weighted by atomic mass is 32.1. The molecule has 0 unspecified atom stereocenters. The summed E-state index contributed by atoms with van der Waals surface area (Å²) in [6.07, 6.45) is 8.68. The molecule has 1 aromatic carbocycles. The number of carbonyl (C=O) groups excluding carboxylic acids is 1. The van der Waals surface area contributed by atoms with Crippen molar-refractivity contribution in [1.82, 2.24) is 10.3 Å². The number of benzene rings is 1. The Morgan fingerprint density at radius 1 is 1.22 bits per heavy atom. The molecule has 4 nitrogen and oxygen atoms in total. The maximum absolute atomic E-state index is 12.0. The van der Waals surface area contributed by atoms with Crippen molar-refractivity contribution in [3.05, 3.63) is 41.4 Å². The minimum absolute atomic E-state index is 0.167. The molecular weight excluding hydrogens is 308 g/mol. The average molecular weight is 330 g/mol. The van der Waals surface area contributed by atoms with E-state index in [-0.39, 0.29) is 5.91 Å². The molecule has 0 bridgehead atoms. The van der Waals surface area contributed by atoms with Crippen molar-refractivity contribution in [2.24, 2.45) is 5.92 Å². The average Bonchev–Trinajstić information content (AvgIpc) is 3.08. The van der Waals surface area contributed by atoms with Crippen molar-refractivity contribution in [2.45, 2.75) is 45.1 Å². The fraction of sp³-hybridized carbons (Fsp3) is 0.444. The molecule has 1 aliphatic carbocycles. The number of hydrogen-bond donors (Lipinski definition) is 1. The number of aromatic nitrogens is 1. The van der Waals surface area contributed by atoms with Crippen LogP contribution in [0.2, 0.25) is 0 Å². The van der Waals surface area contributed by atoms with E-state index in [2.05, 4.69) is 10.3 Å². The van der Waals surface area contributed by atoms with E-state index in [4.69, 9.17) is 4.74 Å². The van der Waals surface area contributed by atoms with Gasteiger partial charge in [-0.1, -0.05) is 42.7 Å². The van der Waals surface area contributed by atoms with Crippen molar-refractivity contribution in [3.8, 4) is 10.9 Å². The van der Waals surface area contributed by atoms with Gasteiger partial charge < -0.3 is 10.1 Å². The summed E-state index contributed by atoms with van der Waals surface area (Å²) in [5, 5.41) is 5.54. The lowest BCUT2D eigenvalue weighted by molar-refractivity contribution is -0.122. The van der Waals surface area contributed by atoms with Crippen LogP contribution in [0.1, 0.15) is 44.1 Å². The van der Waals surface area contributed by atoms with E-state index in [1.165, 1.54) is 43.4 Å². The van der Waals surface area contributed by atoms with E-state index >= 15 is 0 Å². The van der Waals surface area contributed by atoms with Crippen LogP contribution in [0, 0.1) is 5.92 Å². The van der Waals surface area contributed by atoms with E-state index in [9.17, 15) is 4.79 Å². The third kappa shape index (κ3) is 5.06. The zero-order chi connectivity index (χ0) is 15.9. The molecule has 0 radical (unpaired) electrons. The molecular formula is C18H22N2O2S. The van der Waals surface area contributed by atoms with Crippen LogP contribution in [0.15, 0.2) is 35.8 Å². The topological polar surface area (TPSA) is 51.2 Å². The summed E-state index contributed by atoms with van der Waals surface area (Å²) in [7, 11) is 0. The molecule has 0 saturated heterocycles. The lowest BCUT2D eigenvalue weighted by atomic mass is 9.87. The third-order valence-corrected chi connectivity index (χ3v) is 4.87. The van der Waals surface area contributed by atoms with Crippen LogP contribution in [-0.2, 0) is 11.3 Å². The normalized spacial score (nSPS) is 15.3. The summed E-state index contributed by atoms with van der Waals surface area (Å²) in [5.41, 5.74) is 1.08. The maximum atomic E-state index is 12.0. The quantitative estimate of drug-likeness (QED) is 0.847. The highest BCUT2D eigenvalue weighted by Crippen LogP contribution is 2.26. The second-order valence-corrected chi connectivity index (χ2v) is 6.89. The van der Waals surface area contributed by atoms with Gasteiger partial charge in [0.15, 0.2) is 0 Å². The van der Waals surface area contributed by atoms with Crippen LogP contribution in [0.5, 0.6) is 10.9 Å². The number of hydrogen-bond acceptors (Lipinski definition) is 4. The Bertz CT molecular complexity index is 604. The fourth-order valence-electron chi connectivity index (χ4n) is 2.96. The zero-order valence-electron chi connectivity index (χ0n) is 13.2. The van der Waals surface area contributed by atoms with Gasteiger partial charge in [-0.05, 0) is 36.5 Å². The molecule has 2 aromatic rings. The zero-order valence-corrected chi connectivity index (χ0v) is 14.0. The predicted octanol–water partition coefficient (Wildman–Crippen LogP) is 4.52. The predicted molar refractivity (Wildman–Crippen MR) is 91.7 cm³/mol. The van der Waals surface area contributed by atoms with Crippen molar-refractivity contribution in [2.75, 3.05) is 0 Å². The van der Waals surface area contributed by atoms with Gasteiger partial charge in [0.1, 0.15) is 5.75 Å². The Morgan fingerprint density at radius 3 is 2.70 bits per heavy atom. The second kappa shape index (κ2) is 8.11. The molecule has 1 aromatic heterocycles. The molecule has 0 atom stereocenters. The molecule has 122 valence electrons. The number of nitrogens with one attached hydrogen (secondary N) is 1. The van der Waals surface area contributed by atoms with Crippen LogP contribution >= 0.6 is 11.3 Å². The highest BCUT2D eigenvalue weighted by Gasteiger charge is 2.16. The van der Waals surface area contributed by atoms with Crippen molar-refractivity contribution in [3.63, 3.8) is 0 Å². The molecule has 1 fully saturated rings. The number of carbonyl (C=O) groups is 1. The molecule has 0 aliphatic heterocycles. The summed E-state index contributed by atoms with van der Waals surface area (Å²) in [5.74, 6) is 1.51. The summed E-state index contributed by atoms with van der Waals surface area (Å²) in [4.78, 5) is 16.1. The van der Waals surface area contributed by atoms with Gasteiger partial charge in [-0.2, -0.15) is 0 Å². The van der Waals surface area contributed by atoms with Gasteiger partial charge in [0.25, 0.3) is 5.19 Å². The third-order valence-electron chi connectivity index (χ3n) is 4.23. The monoisotopic (exact) mass is 330 g/mol. The Labute approximate surface area is 140 Å². The lowest BCUT2D eigenvalue weighted by Gasteiger charge is -2.20. The van der Waals surface area contributed by atoms with E-state index in [0.717, 1.165) is 11.3 Å². The first kappa shape index (κ1) is 16.0. The number of rotatable bonds is 6. The van der Waals surface area contributed by atoms with Crippen molar-refractivity contribution >= 4 is 17.2 Å². The Morgan fingerprint density at radius 2 is 2.00 bits per heavy atom. The molecule has 0 spiro atoms. The first-order valence-corrected chi connectivity index (χ1v) is 9.10. The standard InChI is InChI=1S/C18H22N2O2S/c21-17(12-14-4-2-1-3-5-14)20-13-15-6-8-16(9-7-15)22-18-19-10-11-23-18/h6-11,14H,1-5,12-13H2,(H,20,21). The first-order chi connectivity index (χ1) is 11.3. The molecule has 23 heavy (non-hydrogen) atoms. The molecule has 1 saturated carbocycles. The van der Waals surface area contributed by atoms with Gasteiger partial charge >= 0.3 is 0 Å². The second-order valence-electron chi connectivity index (χ2n) is 6.03. The molecule has 1 N–H and O–H groups in total. The van der Waals surface area contributed by atoms with Crippen LogP contribution in [0.4, 0.5) is 0 Å². The maximum Gasteiger partial charge on any atom is 0.278 e. The van der Waals surface area contributed by atoms with Gasteiger partial charge in [0.05, 0.1) is 0 Å². The van der Waals surface area contributed by atoms with Crippen LogP contribution in [0.3, 0.4) is 0 Å². The number of thiazole rings is 1. The minimum Gasteiger partial charge on any atom is -0.431 e. The van der Waals surface area contributed by atoms with E-state index in [0.29, 0.717) is 24.1 Å². The van der Waals surface area contributed by atoms with Gasteiger partial charge in [-0.25, -0.2) is 4.98 Å². The van der Waals surface area contributed by atoms with Crippen molar-refractivity contribution in [1.29, 1.82) is 0 Å². The Kier molecular flexibility index (Phi) is 5.64. The van der Waals surface area contributed by atoms with Gasteiger partial charge in [-0.15, -0.1) is 0 Å². The Hall–Kier alpha value is -1.88. The van der Waals surface area contributed by atoms with Gasteiger partial charge in [0.2, 0.25) is 5.91 Å². The molecule has 1 amide bonds. The molecule has 1 aliphatic rings. The van der Waals surface area contributed by atoms with Crippen LogP contribution in [0.25, 0.3) is 0 Å².